The first-order valence-corrected chi connectivity index (χ1v) is 6.85. The maximum atomic E-state index is 12.1. The second kappa shape index (κ2) is 6.37. The van der Waals surface area contributed by atoms with Crippen LogP contribution in [0.25, 0.3) is 6.08 Å². The second-order valence-corrected chi connectivity index (χ2v) is 5.31. The van der Waals surface area contributed by atoms with E-state index in [-0.39, 0.29) is 5.91 Å². The summed E-state index contributed by atoms with van der Waals surface area (Å²) >= 11 is 0. The van der Waals surface area contributed by atoms with Gasteiger partial charge in [-0.2, -0.15) is 0 Å². The molecule has 2 rings (SSSR count). The number of benzene rings is 1. The van der Waals surface area contributed by atoms with Crippen LogP contribution in [-0.4, -0.2) is 23.5 Å². The van der Waals surface area contributed by atoms with E-state index in [1.165, 1.54) is 25.3 Å². The fourth-order valence-corrected chi connectivity index (χ4v) is 2.24. The zero-order chi connectivity index (χ0) is 14.5. The molecule has 1 aromatic rings. The van der Waals surface area contributed by atoms with E-state index >= 15 is 0 Å². The topological polar surface area (TPSA) is 66.4 Å². The molecule has 1 saturated carbocycles. The summed E-state index contributed by atoms with van der Waals surface area (Å²) in [5.74, 6) is -0.469. The number of hydrogen-bond donors (Lipinski definition) is 2. The number of aliphatic carboxylic acids is 1. The number of carboxylic acids is 1. The molecule has 1 aromatic carbocycles. The van der Waals surface area contributed by atoms with E-state index in [0.29, 0.717) is 11.5 Å². The van der Waals surface area contributed by atoms with Gasteiger partial charge in [-0.1, -0.05) is 12.5 Å². The molecule has 0 unspecified atom stereocenters. The maximum absolute atomic E-state index is 12.1. The number of carbonyl (C=O) groups is 2. The molecule has 4 heteroatoms. The molecule has 0 aromatic heterocycles. The molecule has 20 heavy (non-hydrogen) atoms. The molecule has 1 aliphatic carbocycles. The van der Waals surface area contributed by atoms with Crippen LogP contribution in [0.15, 0.2) is 24.3 Å². The van der Waals surface area contributed by atoms with Gasteiger partial charge in [0, 0.05) is 18.2 Å². The van der Waals surface area contributed by atoms with Gasteiger partial charge in [-0.15, -0.1) is 0 Å². The van der Waals surface area contributed by atoms with Crippen LogP contribution >= 0.6 is 0 Å². The summed E-state index contributed by atoms with van der Waals surface area (Å²) in [6.07, 6.45) is 6.22. The van der Waals surface area contributed by atoms with Gasteiger partial charge in [-0.05, 0) is 55.0 Å². The molecule has 106 valence electrons. The Bertz CT molecular complexity index is 545. The first-order valence-electron chi connectivity index (χ1n) is 6.85. The quantitative estimate of drug-likeness (QED) is 0.810. The minimum Gasteiger partial charge on any atom is -0.478 e. The number of aryl methyl sites for hydroxylation is 1. The zero-order valence-electron chi connectivity index (χ0n) is 11.6. The lowest BCUT2D eigenvalue weighted by Crippen LogP contribution is -2.32. The Morgan fingerprint density at radius 2 is 2.10 bits per heavy atom. The lowest BCUT2D eigenvalue weighted by atomic mass is 9.85. The minimum atomic E-state index is -0.998. The van der Waals surface area contributed by atoms with E-state index in [9.17, 15) is 9.59 Å². The predicted octanol–water partition coefficient (Wildman–Crippen LogP) is 2.62. The molecule has 2 N–H and O–H groups in total. The van der Waals surface area contributed by atoms with Gasteiger partial charge < -0.3 is 10.4 Å². The van der Waals surface area contributed by atoms with Crippen LogP contribution in [-0.2, 0) is 4.79 Å². The van der Waals surface area contributed by atoms with Crippen molar-refractivity contribution >= 4 is 18.0 Å². The average molecular weight is 273 g/mol. The first kappa shape index (κ1) is 14.3. The van der Waals surface area contributed by atoms with Gasteiger partial charge in [0.1, 0.15) is 0 Å². The van der Waals surface area contributed by atoms with E-state index < -0.39 is 5.97 Å². The van der Waals surface area contributed by atoms with Crippen LogP contribution in [0.1, 0.15) is 40.7 Å². The number of hydrogen-bond acceptors (Lipinski definition) is 2. The van der Waals surface area contributed by atoms with E-state index in [2.05, 4.69) is 5.32 Å². The van der Waals surface area contributed by atoms with Gasteiger partial charge in [0.2, 0.25) is 0 Å². The smallest absolute Gasteiger partial charge is 0.328 e. The first-order chi connectivity index (χ1) is 9.54. The molecule has 0 aliphatic heterocycles. The highest BCUT2D eigenvalue weighted by Crippen LogP contribution is 2.25. The average Bonchev–Trinajstić information content (AvgIpc) is 2.33. The summed E-state index contributed by atoms with van der Waals surface area (Å²) in [6, 6.07) is 5.37. The Morgan fingerprint density at radius 1 is 1.35 bits per heavy atom. The van der Waals surface area contributed by atoms with Gasteiger partial charge in [0.05, 0.1) is 0 Å². The van der Waals surface area contributed by atoms with Crippen LogP contribution < -0.4 is 5.32 Å². The molecule has 0 saturated heterocycles. The van der Waals surface area contributed by atoms with E-state index in [1.54, 1.807) is 6.07 Å². The highest BCUT2D eigenvalue weighted by atomic mass is 16.4. The van der Waals surface area contributed by atoms with Crippen LogP contribution in [0.4, 0.5) is 0 Å². The molecule has 0 bridgehead atoms. The summed E-state index contributed by atoms with van der Waals surface area (Å²) in [5, 5.41) is 11.6. The van der Waals surface area contributed by atoms with Crippen LogP contribution in [0.2, 0.25) is 0 Å². The van der Waals surface area contributed by atoms with Crippen LogP contribution in [0.5, 0.6) is 0 Å². The van der Waals surface area contributed by atoms with Gasteiger partial charge in [0.15, 0.2) is 0 Å². The molecule has 0 heterocycles. The minimum absolute atomic E-state index is 0.0921. The normalized spacial score (nSPS) is 15.1. The van der Waals surface area contributed by atoms with Crippen LogP contribution in [0.3, 0.4) is 0 Å². The van der Waals surface area contributed by atoms with Crippen molar-refractivity contribution in [2.75, 3.05) is 6.54 Å². The molecule has 4 nitrogen and oxygen atoms in total. The van der Waals surface area contributed by atoms with Gasteiger partial charge in [-0.25, -0.2) is 4.79 Å². The van der Waals surface area contributed by atoms with Gasteiger partial charge in [0.25, 0.3) is 5.91 Å². The van der Waals surface area contributed by atoms with Crippen molar-refractivity contribution in [2.45, 2.75) is 26.2 Å². The van der Waals surface area contributed by atoms with Crippen molar-refractivity contribution in [1.29, 1.82) is 0 Å². The Balaban J connectivity index is 2.05. The summed E-state index contributed by atoms with van der Waals surface area (Å²) < 4.78 is 0. The monoisotopic (exact) mass is 273 g/mol. The molecule has 0 spiro atoms. The SMILES string of the molecule is Cc1cc(/C=C/C(=O)O)cc(C(=O)NCC2CCC2)c1. The molecular formula is C16H19NO3. The van der Waals surface area contributed by atoms with Crippen molar-refractivity contribution in [3.05, 3.63) is 41.0 Å². The summed E-state index contributed by atoms with van der Waals surface area (Å²) in [6.45, 7) is 2.62. The van der Waals surface area contributed by atoms with Crippen molar-refractivity contribution in [3.63, 3.8) is 0 Å². The summed E-state index contributed by atoms with van der Waals surface area (Å²) in [5.41, 5.74) is 2.24. The zero-order valence-corrected chi connectivity index (χ0v) is 11.6. The highest BCUT2D eigenvalue weighted by Gasteiger charge is 2.18. The second-order valence-electron chi connectivity index (χ2n) is 5.31. The summed E-state index contributed by atoms with van der Waals surface area (Å²) in [7, 11) is 0. The van der Waals surface area contributed by atoms with Crippen molar-refractivity contribution in [1.82, 2.24) is 5.32 Å². The number of amides is 1. The summed E-state index contributed by atoms with van der Waals surface area (Å²) in [4.78, 5) is 22.6. The Hall–Kier alpha value is -2.10. The standard InChI is InChI=1S/C16H19NO3/c1-11-7-13(5-6-15(18)19)9-14(8-11)16(20)17-10-12-3-2-4-12/h5-9,12H,2-4,10H2,1H3,(H,17,20)(H,18,19)/b6-5+. The van der Waals surface area contributed by atoms with Crippen molar-refractivity contribution < 1.29 is 14.7 Å². The number of carboxylic acid groups (broad SMARTS) is 1. The van der Waals surface area contributed by atoms with E-state index in [0.717, 1.165) is 23.7 Å². The number of rotatable bonds is 5. The lowest BCUT2D eigenvalue weighted by Gasteiger charge is -2.25. The molecular weight excluding hydrogens is 254 g/mol. The maximum Gasteiger partial charge on any atom is 0.328 e. The molecule has 1 aliphatic rings. The highest BCUT2D eigenvalue weighted by molar-refractivity contribution is 5.95. The van der Waals surface area contributed by atoms with Gasteiger partial charge in [-0.3, -0.25) is 4.79 Å². The Labute approximate surface area is 118 Å². The van der Waals surface area contributed by atoms with E-state index in [1.807, 2.05) is 19.1 Å². The fourth-order valence-electron chi connectivity index (χ4n) is 2.24. The molecule has 1 fully saturated rings. The Morgan fingerprint density at radius 3 is 2.70 bits per heavy atom. The molecule has 1 amide bonds. The third-order valence-corrected chi connectivity index (χ3v) is 3.56. The largest absolute Gasteiger partial charge is 0.478 e. The predicted molar refractivity (Wildman–Crippen MR) is 77.5 cm³/mol. The molecule has 0 radical (unpaired) electrons. The van der Waals surface area contributed by atoms with Crippen LogP contribution in [0, 0.1) is 12.8 Å². The lowest BCUT2D eigenvalue weighted by molar-refractivity contribution is -0.131. The van der Waals surface area contributed by atoms with Crippen molar-refractivity contribution in [2.24, 2.45) is 5.92 Å². The van der Waals surface area contributed by atoms with Gasteiger partial charge >= 0.3 is 5.97 Å². The third-order valence-electron chi connectivity index (χ3n) is 3.56. The van der Waals surface area contributed by atoms with Crippen molar-refractivity contribution in [3.8, 4) is 0 Å². The number of carbonyl (C=O) groups excluding carboxylic acids is 1. The molecule has 0 atom stereocenters. The van der Waals surface area contributed by atoms with E-state index in [4.69, 9.17) is 5.11 Å². The third kappa shape index (κ3) is 3.95. The fraction of sp³-hybridized carbons (Fsp3) is 0.375. The number of nitrogens with one attached hydrogen (secondary N) is 1. The Kier molecular flexibility index (Phi) is 4.56.